The van der Waals surface area contributed by atoms with Crippen molar-refractivity contribution in [2.75, 3.05) is 11.8 Å². The Morgan fingerprint density at radius 2 is 2.00 bits per heavy atom. The number of sulfonamides is 1. The molecule has 2 N–H and O–H groups in total. The molecule has 0 saturated heterocycles. The van der Waals surface area contributed by atoms with Crippen LogP contribution in [0, 0.1) is 13.8 Å². The Balaban J connectivity index is 2.35. The summed E-state index contributed by atoms with van der Waals surface area (Å²) in [5.74, 6) is 0.671. The van der Waals surface area contributed by atoms with E-state index >= 15 is 0 Å². The number of anilines is 1. The molecule has 2 rings (SSSR count). The first-order chi connectivity index (χ1) is 9.87. The second-order valence-corrected chi connectivity index (χ2v) is 7.57. The fourth-order valence-corrected chi connectivity index (χ4v) is 4.57. The number of hydrogen-bond donors (Lipinski definition) is 2. The molecule has 0 aliphatic heterocycles. The van der Waals surface area contributed by atoms with Gasteiger partial charge in [-0.15, -0.1) is 11.3 Å². The van der Waals surface area contributed by atoms with Crippen molar-refractivity contribution in [1.29, 1.82) is 0 Å². The number of nitrogens with one attached hydrogen (secondary N) is 1. The monoisotopic (exact) mass is 327 g/mol. The molecule has 1 aromatic carbocycles. The minimum atomic E-state index is -3.67. The molecule has 1 aromatic heterocycles. The van der Waals surface area contributed by atoms with Gasteiger partial charge < -0.3 is 9.84 Å². The molecule has 0 aliphatic rings. The van der Waals surface area contributed by atoms with Gasteiger partial charge in [-0.2, -0.15) is 0 Å². The van der Waals surface area contributed by atoms with Crippen molar-refractivity contribution in [3.63, 3.8) is 0 Å². The largest absolute Gasteiger partial charge is 0.497 e. The highest BCUT2D eigenvalue weighted by Gasteiger charge is 2.20. The van der Waals surface area contributed by atoms with E-state index in [2.05, 4.69) is 4.72 Å². The molecule has 0 saturated carbocycles. The molecule has 0 spiro atoms. The minimum absolute atomic E-state index is 0.164. The molecular formula is C14H17NO4S2. The van der Waals surface area contributed by atoms with Crippen molar-refractivity contribution >= 4 is 27.0 Å². The minimum Gasteiger partial charge on any atom is -0.497 e. The van der Waals surface area contributed by atoms with E-state index in [0.29, 0.717) is 21.2 Å². The number of aryl methyl sites for hydroxylation is 2. The Labute approximate surface area is 128 Å². The van der Waals surface area contributed by atoms with E-state index in [0.717, 1.165) is 5.56 Å². The lowest BCUT2D eigenvalue weighted by Crippen LogP contribution is -2.14. The number of hydrogen-bond acceptors (Lipinski definition) is 5. The first-order valence-corrected chi connectivity index (χ1v) is 8.55. The van der Waals surface area contributed by atoms with Crippen LogP contribution in [0.2, 0.25) is 0 Å². The van der Waals surface area contributed by atoms with Gasteiger partial charge >= 0.3 is 0 Å². The normalized spacial score (nSPS) is 11.4. The first kappa shape index (κ1) is 15.8. The Morgan fingerprint density at radius 1 is 1.29 bits per heavy atom. The molecule has 0 unspecified atom stereocenters. The molecule has 0 aliphatic carbocycles. The summed E-state index contributed by atoms with van der Waals surface area (Å²) in [5.41, 5.74) is 1.28. The molecule has 0 radical (unpaired) electrons. The zero-order valence-corrected chi connectivity index (χ0v) is 13.6. The van der Waals surface area contributed by atoms with Crippen molar-refractivity contribution in [1.82, 2.24) is 0 Å². The summed E-state index contributed by atoms with van der Waals surface area (Å²) in [6.45, 7) is 3.36. The van der Waals surface area contributed by atoms with Crippen LogP contribution in [0.4, 0.5) is 5.69 Å². The van der Waals surface area contributed by atoms with E-state index in [4.69, 9.17) is 9.84 Å². The number of aliphatic hydroxyl groups is 1. The molecule has 114 valence electrons. The SMILES string of the molecule is COc1ccc(NS(=O)(=O)c2cc(CO)sc2C)c(C)c1. The van der Waals surface area contributed by atoms with E-state index in [1.165, 1.54) is 17.4 Å². The van der Waals surface area contributed by atoms with Crippen LogP contribution in [0.1, 0.15) is 15.3 Å². The van der Waals surface area contributed by atoms with E-state index in [1.54, 1.807) is 39.2 Å². The Bertz CT molecular complexity index is 750. The summed E-state index contributed by atoms with van der Waals surface area (Å²) >= 11 is 1.27. The lowest BCUT2D eigenvalue weighted by atomic mass is 10.2. The quantitative estimate of drug-likeness (QED) is 0.885. The average Bonchev–Trinajstić information content (AvgIpc) is 2.83. The van der Waals surface area contributed by atoms with Gasteiger partial charge in [-0.3, -0.25) is 4.72 Å². The van der Waals surface area contributed by atoms with Gasteiger partial charge in [0.1, 0.15) is 10.6 Å². The van der Waals surface area contributed by atoms with Gasteiger partial charge in [0.2, 0.25) is 0 Å². The van der Waals surface area contributed by atoms with Crippen LogP contribution in [-0.4, -0.2) is 20.6 Å². The van der Waals surface area contributed by atoms with Gasteiger partial charge in [0.25, 0.3) is 10.0 Å². The average molecular weight is 327 g/mol. The van der Waals surface area contributed by atoms with Crippen molar-refractivity contribution in [3.8, 4) is 5.75 Å². The predicted octanol–water partition coefficient (Wildman–Crippen LogP) is 2.67. The van der Waals surface area contributed by atoms with Crippen LogP contribution < -0.4 is 9.46 Å². The lowest BCUT2D eigenvalue weighted by molar-refractivity contribution is 0.285. The lowest BCUT2D eigenvalue weighted by Gasteiger charge is -2.11. The standard InChI is InChI=1S/C14H17NO4S2/c1-9-6-11(19-3)4-5-13(9)15-21(17,18)14-7-12(8-16)20-10(14)2/h4-7,15-16H,8H2,1-3H3. The van der Waals surface area contributed by atoms with E-state index in [9.17, 15) is 8.42 Å². The summed E-state index contributed by atoms with van der Waals surface area (Å²) in [4.78, 5) is 1.48. The van der Waals surface area contributed by atoms with Crippen molar-refractivity contribution in [2.24, 2.45) is 0 Å². The number of thiophene rings is 1. The second kappa shape index (κ2) is 6.05. The molecule has 0 bridgehead atoms. The topological polar surface area (TPSA) is 75.6 Å². The van der Waals surface area contributed by atoms with Crippen molar-refractivity contribution < 1.29 is 18.3 Å². The fraction of sp³-hybridized carbons (Fsp3) is 0.286. The highest BCUT2D eigenvalue weighted by atomic mass is 32.2. The molecule has 7 heteroatoms. The van der Waals surface area contributed by atoms with E-state index in [1.807, 2.05) is 0 Å². The van der Waals surface area contributed by atoms with Crippen LogP contribution in [0.3, 0.4) is 0 Å². The third-order valence-electron chi connectivity index (χ3n) is 3.05. The van der Waals surface area contributed by atoms with E-state index < -0.39 is 10.0 Å². The summed E-state index contributed by atoms with van der Waals surface area (Å²) in [6.07, 6.45) is 0. The molecule has 0 amide bonds. The molecule has 2 aromatic rings. The van der Waals surface area contributed by atoms with Crippen LogP contribution in [-0.2, 0) is 16.6 Å². The van der Waals surface area contributed by atoms with Crippen LogP contribution in [0.5, 0.6) is 5.75 Å². The van der Waals surface area contributed by atoms with Crippen molar-refractivity contribution in [3.05, 3.63) is 39.6 Å². The zero-order chi connectivity index (χ0) is 15.6. The summed E-state index contributed by atoms with van der Waals surface area (Å²) in [5, 5.41) is 9.11. The number of benzene rings is 1. The maximum atomic E-state index is 12.4. The van der Waals surface area contributed by atoms with Crippen LogP contribution >= 0.6 is 11.3 Å². The van der Waals surface area contributed by atoms with Gasteiger partial charge in [0, 0.05) is 9.75 Å². The van der Waals surface area contributed by atoms with E-state index in [-0.39, 0.29) is 11.5 Å². The van der Waals surface area contributed by atoms with Gasteiger partial charge in [-0.25, -0.2) is 8.42 Å². The van der Waals surface area contributed by atoms with Crippen LogP contribution in [0.25, 0.3) is 0 Å². The Morgan fingerprint density at radius 3 is 2.52 bits per heavy atom. The molecule has 0 fully saturated rings. The summed E-state index contributed by atoms with van der Waals surface area (Å²) in [6, 6.07) is 6.63. The molecule has 0 atom stereocenters. The van der Waals surface area contributed by atoms with Gasteiger partial charge in [0.05, 0.1) is 19.4 Å². The third-order valence-corrected chi connectivity index (χ3v) is 5.70. The molecule has 1 heterocycles. The molecular weight excluding hydrogens is 310 g/mol. The Kier molecular flexibility index (Phi) is 4.55. The van der Waals surface area contributed by atoms with Gasteiger partial charge in [-0.05, 0) is 43.7 Å². The number of rotatable bonds is 5. The number of methoxy groups -OCH3 is 1. The van der Waals surface area contributed by atoms with Crippen molar-refractivity contribution in [2.45, 2.75) is 25.3 Å². The maximum absolute atomic E-state index is 12.4. The van der Waals surface area contributed by atoms with Gasteiger partial charge in [-0.1, -0.05) is 0 Å². The summed E-state index contributed by atoms with van der Waals surface area (Å²) in [7, 11) is -2.11. The fourth-order valence-electron chi connectivity index (χ4n) is 1.95. The Hall–Kier alpha value is -1.57. The molecule has 5 nitrogen and oxygen atoms in total. The van der Waals surface area contributed by atoms with Gasteiger partial charge in [0.15, 0.2) is 0 Å². The first-order valence-electron chi connectivity index (χ1n) is 6.25. The van der Waals surface area contributed by atoms with Crippen LogP contribution in [0.15, 0.2) is 29.2 Å². The summed E-state index contributed by atoms with van der Waals surface area (Å²) < 4.78 is 32.6. The number of ether oxygens (including phenoxy) is 1. The zero-order valence-electron chi connectivity index (χ0n) is 12.0. The predicted molar refractivity (Wildman–Crippen MR) is 83.5 cm³/mol. The smallest absolute Gasteiger partial charge is 0.263 e. The third kappa shape index (κ3) is 3.37. The second-order valence-electron chi connectivity index (χ2n) is 4.58. The number of aliphatic hydroxyl groups excluding tert-OH is 1. The maximum Gasteiger partial charge on any atom is 0.263 e. The highest BCUT2D eigenvalue weighted by Crippen LogP contribution is 2.29. The highest BCUT2D eigenvalue weighted by molar-refractivity contribution is 7.93. The molecule has 21 heavy (non-hydrogen) atoms.